The summed E-state index contributed by atoms with van der Waals surface area (Å²) in [6, 6.07) is 11.9. The molecular weight excluding hydrogens is 388 g/mol. The molecule has 2 aromatic rings. The Balaban J connectivity index is 1.70. The number of carboxylic acids is 1. The van der Waals surface area contributed by atoms with Gasteiger partial charge in [0.1, 0.15) is 17.2 Å². The van der Waals surface area contributed by atoms with Gasteiger partial charge in [0.15, 0.2) is 0 Å². The lowest BCUT2D eigenvalue weighted by molar-refractivity contribution is -0.137. The quantitative estimate of drug-likeness (QED) is 0.588. The molecule has 30 heavy (non-hydrogen) atoms. The predicted molar refractivity (Wildman–Crippen MR) is 111 cm³/mol. The van der Waals surface area contributed by atoms with Crippen LogP contribution < -0.4 is 0 Å². The molecule has 2 aromatic carbocycles. The van der Waals surface area contributed by atoms with Gasteiger partial charge in [-0.1, -0.05) is 30.7 Å². The Hall–Kier alpha value is -2.31. The van der Waals surface area contributed by atoms with Crippen molar-refractivity contribution < 1.29 is 23.8 Å². The Labute approximate surface area is 176 Å². The maximum Gasteiger partial charge on any atom is 0.303 e. The second-order valence-corrected chi connectivity index (χ2v) is 8.11. The molecule has 0 spiro atoms. The fourth-order valence-corrected chi connectivity index (χ4v) is 4.45. The SMILES string of the molecule is O=C(O)CCCCCN1CCC(C(O)(c2cccc(F)c2)c2cccc(F)c2)CC1. The first-order valence-corrected chi connectivity index (χ1v) is 10.6. The first-order chi connectivity index (χ1) is 14.4. The molecule has 0 amide bonds. The lowest BCUT2D eigenvalue weighted by atomic mass is 9.72. The molecule has 1 saturated heterocycles. The van der Waals surface area contributed by atoms with Gasteiger partial charge in [-0.25, -0.2) is 8.78 Å². The first-order valence-electron chi connectivity index (χ1n) is 10.6. The van der Waals surface area contributed by atoms with Crippen molar-refractivity contribution in [1.29, 1.82) is 0 Å². The molecular formula is C24H29F2NO3. The number of aliphatic carboxylic acids is 1. The number of hydrogen-bond donors (Lipinski definition) is 2. The van der Waals surface area contributed by atoms with Crippen LogP contribution in [-0.2, 0) is 10.4 Å². The highest BCUT2D eigenvalue weighted by atomic mass is 19.1. The number of halogens is 2. The minimum Gasteiger partial charge on any atom is -0.481 e. The summed E-state index contributed by atoms with van der Waals surface area (Å²) in [5.74, 6) is -1.78. The Morgan fingerprint density at radius 2 is 1.53 bits per heavy atom. The maximum absolute atomic E-state index is 13.9. The molecule has 162 valence electrons. The Morgan fingerprint density at radius 1 is 0.967 bits per heavy atom. The van der Waals surface area contributed by atoms with Gasteiger partial charge in [-0.2, -0.15) is 0 Å². The van der Waals surface area contributed by atoms with Crippen LogP contribution in [0.2, 0.25) is 0 Å². The van der Waals surface area contributed by atoms with Crippen molar-refractivity contribution >= 4 is 5.97 Å². The summed E-state index contributed by atoms with van der Waals surface area (Å²) in [5, 5.41) is 20.5. The summed E-state index contributed by atoms with van der Waals surface area (Å²) >= 11 is 0. The average Bonchev–Trinajstić information content (AvgIpc) is 2.73. The molecule has 0 atom stereocenters. The van der Waals surface area contributed by atoms with Crippen molar-refractivity contribution in [3.63, 3.8) is 0 Å². The number of carboxylic acid groups (broad SMARTS) is 1. The molecule has 2 N–H and O–H groups in total. The monoisotopic (exact) mass is 417 g/mol. The van der Waals surface area contributed by atoms with E-state index in [1.165, 1.54) is 24.3 Å². The van der Waals surface area contributed by atoms with Gasteiger partial charge >= 0.3 is 5.97 Å². The van der Waals surface area contributed by atoms with Crippen LogP contribution in [0.1, 0.15) is 49.7 Å². The van der Waals surface area contributed by atoms with Crippen molar-refractivity contribution in [3.05, 3.63) is 71.3 Å². The van der Waals surface area contributed by atoms with E-state index >= 15 is 0 Å². The summed E-state index contributed by atoms with van der Waals surface area (Å²) in [4.78, 5) is 12.9. The fourth-order valence-electron chi connectivity index (χ4n) is 4.45. The fraction of sp³-hybridized carbons (Fsp3) is 0.458. The van der Waals surface area contributed by atoms with E-state index < -0.39 is 23.2 Å². The van der Waals surface area contributed by atoms with Gasteiger partial charge in [0.25, 0.3) is 0 Å². The van der Waals surface area contributed by atoms with E-state index in [2.05, 4.69) is 4.90 Å². The van der Waals surface area contributed by atoms with E-state index in [9.17, 15) is 18.7 Å². The first kappa shape index (κ1) is 22.4. The molecule has 6 heteroatoms. The number of likely N-dealkylation sites (tertiary alicyclic amines) is 1. The smallest absolute Gasteiger partial charge is 0.303 e. The summed E-state index contributed by atoms with van der Waals surface area (Å²) in [5.41, 5.74) is -0.571. The number of carbonyl (C=O) groups is 1. The van der Waals surface area contributed by atoms with Crippen LogP contribution in [0.25, 0.3) is 0 Å². The van der Waals surface area contributed by atoms with Crippen LogP contribution in [0, 0.1) is 17.6 Å². The van der Waals surface area contributed by atoms with Gasteiger partial charge in [0.2, 0.25) is 0 Å². The summed E-state index contributed by atoms with van der Waals surface area (Å²) in [6.07, 6.45) is 4.12. The third-order valence-electron chi connectivity index (χ3n) is 6.07. The van der Waals surface area contributed by atoms with Gasteiger partial charge in [-0.05, 0) is 86.6 Å². The van der Waals surface area contributed by atoms with Crippen molar-refractivity contribution in [1.82, 2.24) is 4.90 Å². The predicted octanol–water partition coefficient (Wildman–Crippen LogP) is 4.56. The zero-order chi connectivity index (χ0) is 21.6. The minimum absolute atomic E-state index is 0.163. The summed E-state index contributed by atoms with van der Waals surface area (Å²) in [7, 11) is 0. The van der Waals surface area contributed by atoms with E-state index in [0.29, 0.717) is 30.4 Å². The maximum atomic E-state index is 13.9. The number of aliphatic hydroxyl groups is 1. The zero-order valence-electron chi connectivity index (χ0n) is 17.1. The highest BCUT2D eigenvalue weighted by Gasteiger charge is 2.42. The van der Waals surface area contributed by atoms with Crippen molar-refractivity contribution in [3.8, 4) is 0 Å². The second-order valence-electron chi connectivity index (χ2n) is 8.11. The molecule has 3 rings (SSSR count). The molecule has 0 bridgehead atoms. The number of unbranched alkanes of at least 4 members (excludes halogenated alkanes) is 2. The lowest BCUT2D eigenvalue weighted by Gasteiger charge is -2.42. The molecule has 0 saturated carbocycles. The van der Waals surface area contributed by atoms with E-state index in [1.54, 1.807) is 24.3 Å². The van der Waals surface area contributed by atoms with Crippen molar-refractivity contribution in [2.45, 2.75) is 44.1 Å². The van der Waals surface area contributed by atoms with Crippen LogP contribution in [-0.4, -0.2) is 40.7 Å². The van der Waals surface area contributed by atoms with E-state index in [4.69, 9.17) is 5.11 Å². The molecule has 1 aliphatic heterocycles. The van der Waals surface area contributed by atoms with Crippen LogP contribution in [0.4, 0.5) is 8.78 Å². The minimum atomic E-state index is -1.46. The number of rotatable bonds is 9. The third kappa shape index (κ3) is 5.43. The van der Waals surface area contributed by atoms with Crippen LogP contribution >= 0.6 is 0 Å². The Bertz CT molecular complexity index is 804. The summed E-state index contributed by atoms with van der Waals surface area (Å²) in [6.45, 7) is 2.47. The standard InChI is InChI=1S/C24H29F2NO3/c25-21-8-4-6-19(16-21)24(30,20-7-5-9-22(26)17-20)18-11-14-27(15-12-18)13-3-1-2-10-23(28)29/h4-9,16-18,30H,1-3,10-15H2,(H,28,29). The summed E-state index contributed by atoms with van der Waals surface area (Å²) < 4.78 is 27.9. The highest BCUT2D eigenvalue weighted by molar-refractivity contribution is 5.66. The number of hydrogen-bond acceptors (Lipinski definition) is 3. The molecule has 0 aliphatic carbocycles. The Morgan fingerprint density at radius 3 is 2.03 bits per heavy atom. The largest absolute Gasteiger partial charge is 0.481 e. The zero-order valence-corrected chi connectivity index (χ0v) is 17.1. The number of piperidine rings is 1. The van der Waals surface area contributed by atoms with Gasteiger partial charge in [-0.3, -0.25) is 4.79 Å². The van der Waals surface area contributed by atoms with Crippen LogP contribution in [0.3, 0.4) is 0 Å². The molecule has 1 fully saturated rings. The van der Waals surface area contributed by atoms with Crippen molar-refractivity contribution in [2.75, 3.05) is 19.6 Å². The molecule has 0 unspecified atom stereocenters. The van der Waals surface area contributed by atoms with Crippen molar-refractivity contribution in [2.24, 2.45) is 5.92 Å². The molecule has 0 aromatic heterocycles. The highest BCUT2D eigenvalue weighted by Crippen LogP contribution is 2.42. The van der Waals surface area contributed by atoms with E-state index in [0.717, 1.165) is 32.5 Å². The van der Waals surface area contributed by atoms with Crippen LogP contribution in [0.15, 0.2) is 48.5 Å². The van der Waals surface area contributed by atoms with Gasteiger partial charge < -0.3 is 15.1 Å². The van der Waals surface area contributed by atoms with E-state index in [1.807, 2.05) is 0 Å². The molecule has 1 heterocycles. The average molecular weight is 417 g/mol. The molecule has 0 radical (unpaired) electrons. The van der Waals surface area contributed by atoms with Gasteiger partial charge in [-0.15, -0.1) is 0 Å². The number of nitrogens with zero attached hydrogens (tertiary/aromatic N) is 1. The normalized spacial score (nSPS) is 16.0. The second kappa shape index (κ2) is 10.1. The third-order valence-corrected chi connectivity index (χ3v) is 6.07. The lowest BCUT2D eigenvalue weighted by Crippen LogP contribution is -2.44. The van der Waals surface area contributed by atoms with E-state index in [-0.39, 0.29) is 12.3 Å². The van der Waals surface area contributed by atoms with Gasteiger partial charge in [0.05, 0.1) is 0 Å². The van der Waals surface area contributed by atoms with Gasteiger partial charge in [0, 0.05) is 6.42 Å². The van der Waals surface area contributed by atoms with Crippen LogP contribution in [0.5, 0.6) is 0 Å². The molecule has 1 aliphatic rings. The Kier molecular flexibility index (Phi) is 7.56. The molecule has 4 nitrogen and oxygen atoms in total. The number of benzene rings is 2. The topological polar surface area (TPSA) is 60.8 Å².